The second-order valence-electron chi connectivity index (χ2n) is 1.65. The summed E-state index contributed by atoms with van der Waals surface area (Å²) < 4.78 is 0. The topological polar surface area (TPSA) is 19.9 Å². The molecule has 0 aromatic rings. The molecule has 0 N–H and O–H groups in total. The Morgan fingerprint density at radius 2 is 1.83 bits per heavy atom. The van der Waals surface area contributed by atoms with E-state index in [0.29, 0.717) is 0 Å². The Morgan fingerprint density at radius 1 is 1.67 bits per heavy atom. The minimum absolute atomic E-state index is 1.18. The number of hydrogen-bond acceptors (Lipinski definition) is 0. The third-order valence-corrected chi connectivity index (χ3v) is 0.348. The lowest BCUT2D eigenvalue weighted by molar-refractivity contribution is 0.0582. The fraction of sp³-hybridized carbons (Fsp3) is 0.600. The molecule has 1 heteroatoms. The summed E-state index contributed by atoms with van der Waals surface area (Å²) >= 11 is 0. The van der Waals surface area contributed by atoms with Crippen LogP contribution in [0.25, 0.3) is 0 Å². The first kappa shape index (κ1) is 5.52. The van der Waals surface area contributed by atoms with Crippen molar-refractivity contribution in [3.63, 3.8) is 0 Å². The average Bonchev–Trinajstić information content (AvgIpc) is 1.35. The van der Waals surface area contributed by atoms with Crippen LogP contribution in [-0.4, -0.2) is 5.60 Å². The number of hydrogen-bond donors (Lipinski definition) is 0. The molecule has 0 rings (SSSR count). The third-order valence-electron chi connectivity index (χ3n) is 0.348. The van der Waals surface area contributed by atoms with Crippen molar-refractivity contribution in [1.82, 2.24) is 0 Å². The van der Waals surface area contributed by atoms with E-state index in [-0.39, 0.29) is 0 Å². The van der Waals surface area contributed by atoms with Crippen LogP contribution in [0.2, 0.25) is 0 Å². The molecule has 0 heterocycles. The SMILES string of the molecule is C#CC(C)(C)[O]. The van der Waals surface area contributed by atoms with Gasteiger partial charge in [0.1, 0.15) is 0 Å². The molecule has 0 atom stereocenters. The van der Waals surface area contributed by atoms with Gasteiger partial charge in [-0.3, -0.25) is 0 Å². The van der Waals surface area contributed by atoms with E-state index in [1.54, 1.807) is 0 Å². The lowest BCUT2D eigenvalue weighted by Gasteiger charge is -1.99. The van der Waals surface area contributed by atoms with Gasteiger partial charge in [0, 0.05) is 0 Å². The van der Waals surface area contributed by atoms with Crippen LogP contribution < -0.4 is 0 Å². The Morgan fingerprint density at radius 3 is 1.83 bits per heavy atom. The van der Waals surface area contributed by atoms with Crippen molar-refractivity contribution in [2.75, 3.05) is 0 Å². The highest BCUT2D eigenvalue weighted by atomic mass is 16.3. The summed E-state index contributed by atoms with van der Waals surface area (Å²) in [5.41, 5.74) is -1.18. The van der Waals surface area contributed by atoms with Crippen molar-refractivity contribution in [1.29, 1.82) is 0 Å². The van der Waals surface area contributed by atoms with E-state index in [2.05, 4.69) is 0 Å². The average molecular weight is 83.1 g/mol. The highest BCUT2D eigenvalue weighted by molar-refractivity contribution is 5.00. The Kier molecular flexibility index (Phi) is 1.21. The zero-order chi connectivity index (χ0) is 5.21. The van der Waals surface area contributed by atoms with Crippen LogP contribution in [-0.2, 0) is 5.11 Å². The van der Waals surface area contributed by atoms with Gasteiger partial charge in [-0.05, 0) is 13.8 Å². The summed E-state index contributed by atoms with van der Waals surface area (Å²) in [7, 11) is 0. The summed E-state index contributed by atoms with van der Waals surface area (Å²) in [6.45, 7) is 2.90. The summed E-state index contributed by atoms with van der Waals surface area (Å²) in [5.74, 6) is 2.05. The van der Waals surface area contributed by atoms with Crippen molar-refractivity contribution in [3.8, 4) is 12.3 Å². The zero-order valence-corrected chi connectivity index (χ0v) is 3.99. The monoisotopic (exact) mass is 83.0 g/mol. The van der Waals surface area contributed by atoms with Gasteiger partial charge >= 0.3 is 0 Å². The van der Waals surface area contributed by atoms with Gasteiger partial charge in [0.25, 0.3) is 0 Å². The highest BCUT2D eigenvalue weighted by Gasteiger charge is 2.06. The summed E-state index contributed by atoms with van der Waals surface area (Å²) in [5, 5.41) is 10.2. The van der Waals surface area contributed by atoms with Crippen molar-refractivity contribution in [2.24, 2.45) is 0 Å². The van der Waals surface area contributed by atoms with Gasteiger partial charge in [-0.2, -0.15) is 0 Å². The first-order valence-electron chi connectivity index (χ1n) is 1.74. The zero-order valence-electron chi connectivity index (χ0n) is 3.99. The molecule has 0 aliphatic heterocycles. The first-order chi connectivity index (χ1) is 2.56. The van der Waals surface area contributed by atoms with E-state index in [0.717, 1.165) is 0 Å². The fourth-order valence-corrected chi connectivity index (χ4v) is 0. The van der Waals surface area contributed by atoms with Gasteiger partial charge in [-0.25, -0.2) is 5.11 Å². The largest absolute Gasteiger partial charge is 0.216 e. The number of terminal acetylenes is 1. The Balaban J connectivity index is 3.55. The van der Waals surface area contributed by atoms with Gasteiger partial charge in [0.15, 0.2) is 5.60 Å². The molecule has 33 valence electrons. The molecule has 1 nitrogen and oxygen atoms in total. The predicted octanol–water partition coefficient (Wildman–Crippen LogP) is 0.829. The van der Waals surface area contributed by atoms with Crippen LogP contribution in [0.3, 0.4) is 0 Å². The van der Waals surface area contributed by atoms with Gasteiger partial charge in [0.05, 0.1) is 0 Å². The van der Waals surface area contributed by atoms with E-state index in [4.69, 9.17) is 6.42 Å². The Labute approximate surface area is 38.0 Å². The maximum atomic E-state index is 10.2. The third kappa shape index (κ3) is 3.52. The molecule has 0 aromatic carbocycles. The minimum Gasteiger partial charge on any atom is -0.216 e. The van der Waals surface area contributed by atoms with Crippen molar-refractivity contribution in [2.45, 2.75) is 19.4 Å². The molecule has 0 aliphatic carbocycles. The van der Waals surface area contributed by atoms with Crippen LogP contribution in [0, 0.1) is 12.3 Å². The normalized spacial score (nSPS) is 10.3. The predicted molar refractivity (Wildman–Crippen MR) is 23.6 cm³/mol. The lowest BCUT2D eigenvalue weighted by atomic mass is 10.2. The molecule has 0 saturated carbocycles. The van der Waals surface area contributed by atoms with Gasteiger partial charge < -0.3 is 0 Å². The summed E-state index contributed by atoms with van der Waals surface area (Å²) in [6.07, 6.45) is 4.74. The molecule has 0 spiro atoms. The van der Waals surface area contributed by atoms with Crippen LogP contribution in [0.15, 0.2) is 0 Å². The van der Waals surface area contributed by atoms with Crippen molar-refractivity contribution in [3.05, 3.63) is 0 Å². The van der Waals surface area contributed by atoms with Crippen molar-refractivity contribution < 1.29 is 5.11 Å². The van der Waals surface area contributed by atoms with Gasteiger partial charge in [-0.1, -0.05) is 5.92 Å². The molecule has 0 aliphatic rings. The second-order valence-corrected chi connectivity index (χ2v) is 1.65. The molecule has 1 radical (unpaired) electrons. The maximum absolute atomic E-state index is 10.2. The maximum Gasteiger partial charge on any atom is 0.158 e. The molecule has 0 unspecified atom stereocenters. The minimum atomic E-state index is -1.18. The smallest absolute Gasteiger partial charge is 0.158 e. The molecule has 0 bridgehead atoms. The highest BCUT2D eigenvalue weighted by Crippen LogP contribution is 1.95. The second kappa shape index (κ2) is 1.32. The van der Waals surface area contributed by atoms with E-state index < -0.39 is 5.60 Å². The standard InChI is InChI=1S/C5H7O/c1-4-5(2,3)6/h1H,2-3H3. The molecule has 0 fully saturated rings. The fourth-order valence-electron chi connectivity index (χ4n) is 0. The molecule has 0 saturated heterocycles. The van der Waals surface area contributed by atoms with E-state index in [9.17, 15) is 5.11 Å². The Bertz CT molecular complexity index is 70.9. The molecular weight excluding hydrogens is 76.1 g/mol. The summed E-state index contributed by atoms with van der Waals surface area (Å²) in [6, 6.07) is 0. The van der Waals surface area contributed by atoms with Crippen LogP contribution in [0.5, 0.6) is 0 Å². The lowest BCUT2D eigenvalue weighted by Crippen LogP contribution is -2.11. The molecular formula is C5H7O. The molecule has 0 aromatic heterocycles. The van der Waals surface area contributed by atoms with E-state index in [1.807, 2.05) is 5.92 Å². The van der Waals surface area contributed by atoms with E-state index >= 15 is 0 Å². The van der Waals surface area contributed by atoms with Gasteiger partial charge in [-0.15, -0.1) is 6.42 Å². The quantitative estimate of drug-likeness (QED) is 0.386. The first-order valence-corrected chi connectivity index (χ1v) is 1.74. The molecule has 6 heavy (non-hydrogen) atoms. The Hall–Kier alpha value is -0.480. The van der Waals surface area contributed by atoms with Gasteiger partial charge in [0.2, 0.25) is 0 Å². The van der Waals surface area contributed by atoms with Crippen molar-refractivity contribution >= 4 is 0 Å². The number of rotatable bonds is 0. The van der Waals surface area contributed by atoms with Crippen LogP contribution >= 0.6 is 0 Å². The molecule has 0 amide bonds. The van der Waals surface area contributed by atoms with Crippen LogP contribution in [0.1, 0.15) is 13.8 Å². The van der Waals surface area contributed by atoms with Crippen LogP contribution in [0.4, 0.5) is 0 Å². The van der Waals surface area contributed by atoms with E-state index in [1.165, 1.54) is 13.8 Å². The summed E-state index contributed by atoms with van der Waals surface area (Å²) in [4.78, 5) is 0.